The van der Waals surface area contributed by atoms with Crippen molar-refractivity contribution >= 4 is 17.9 Å². The molecule has 1 rings (SSSR count). The number of nitrogens with one attached hydrogen (secondary N) is 2. The van der Waals surface area contributed by atoms with E-state index in [1.54, 1.807) is 18.2 Å². The summed E-state index contributed by atoms with van der Waals surface area (Å²) in [5, 5.41) is 6.31. The fourth-order valence-corrected chi connectivity index (χ4v) is 0.906. The minimum Gasteiger partial charge on any atom is -0.307 e. The lowest BCUT2D eigenvalue weighted by molar-refractivity contribution is 0.252. The summed E-state index contributed by atoms with van der Waals surface area (Å²) >= 11 is 0. The molecule has 0 spiro atoms. The van der Waals surface area contributed by atoms with Crippen LogP contribution in [-0.2, 0) is 0 Å². The van der Waals surface area contributed by atoms with Crippen molar-refractivity contribution in [3.05, 3.63) is 42.5 Å². The zero-order chi connectivity index (χ0) is 10.9. The van der Waals surface area contributed by atoms with Crippen molar-refractivity contribution in [3.8, 4) is 0 Å². The number of hydrogen-bond donors (Lipinski definition) is 2. The molecule has 1 aromatic rings. The molecule has 1 aromatic carbocycles. The third-order valence-corrected chi connectivity index (χ3v) is 1.55. The van der Waals surface area contributed by atoms with Crippen LogP contribution in [0.3, 0.4) is 0 Å². The average Bonchev–Trinajstić information content (AvgIpc) is 2.26. The van der Waals surface area contributed by atoms with Crippen LogP contribution in [0.1, 0.15) is 6.92 Å². The van der Waals surface area contributed by atoms with Crippen LogP contribution in [0.4, 0.5) is 10.5 Å². The van der Waals surface area contributed by atoms with Gasteiger partial charge in [0.1, 0.15) is 0 Å². The Morgan fingerprint density at radius 3 is 2.73 bits per heavy atom. The molecule has 0 atom stereocenters. The van der Waals surface area contributed by atoms with E-state index in [-0.39, 0.29) is 6.03 Å². The third-order valence-electron chi connectivity index (χ3n) is 1.55. The molecule has 4 nitrogen and oxygen atoms in total. The van der Waals surface area contributed by atoms with Gasteiger partial charge in [-0.05, 0) is 25.1 Å². The summed E-state index contributed by atoms with van der Waals surface area (Å²) in [4.78, 5) is 11.2. The van der Waals surface area contributed by atoms with Gasteiger partial charge in [-0.1, -0.05) is 24.3 Å². The van der Waals surface area contributed by atoms with E-state index in [1.807, 2.05) is 31.2 Å². The van der Waals surface area contributed by atoms with Gasteiger partial charge in [0.2, 0.25) is 0 Å². The Labute approximate surface area is 88.7 Å². The van der Waals surface area contributed by atoms with Gasteiger partial charge in [-0.15, -0.1) is 0 Å². The number of anilines is 1. The number of urea groups is 1. The highest BCUT2D eigenvalue weighted by Gasteiger charge is 1.96. The Kier molecular flexibility index (Phi) is 4.66. The first-order valence-corrected chi connectivity index (χ1v) is 4.59. The van der Waals surface area contributed by atoms with E-state index >= 15 is 0 Å². The summed E-state index contributed by atoms with van der Waals surface area (Å²) in [6, 6.07) is 8.82. The van der Waals surface area contributed by atoms with Crippen LogP contribution in [0, 0.1) is 0 Å². The number of hydrazone groups is 1. The lowest BCUT2D eigenvalue weighted by atomic mass is 10.3. The zero-order valence-electron chi connectivity index (χ0n) is 8.47. The molecule has 0 radical (unpaired) electrons. The van der Waals surface area contributed by atoms with Crippen LogP contribution in [-0.4, -0.2) is 12.2 Å². The molecule has 2 amide bonds. The molecular weight excluding hydrogens is 190 g/mol. The second-order valence-electron chi connectivity index (χ2n) is 2.74. The third kappa shape index (κ3) is 4.61. The Balaban J connectivity index is 2.37. The summed E-state index contributed by atoms with van der Waals surface area (Å²) in [5.41, 5.74) is 3.07. The number of hydrogen-bond acceptors (Lipinski definition) is 2. The van der Waals surface area contributed by atoms with Gasteiger partial charge in [-0.2, -0.15) is 5.10 Å². The second-order valence-corrected chi connectivity index (χ2v) is 2.74. The van der Waals surface area contributed by atoms with E-state index in [4.69, 9.17) is 0 Å². The molecule has 0 aliphatic heterocycles. The molecule has 0 aliphatic rings. The molecule has 4 heteroatoms. The Bertz CT molecular complexity index is 357. The molecule has 0 heterocycles. The number of allylic oxidation sites excluding steroid dienone is 2. The van der Waals surface area contributed by atoms with Gasteiger partial charge in [0, 0.05) is 11.9 Å². The molecule has 0 aromatic heterocycles. The summed E-state index contributed by atoms with van der Waals surface area (Å²) in [6.07, 6.45) is 5.05. The fraction of sp³-hybridized carbons (Fsp3) is 0.0909. The smallest absolute Gasteiger partial charge is 0.307 e. The number of para-hydroxylation sites is 1. The normalized spacial score (nSPS) is 10.7. The minimum absolute atomic E-state index is 0.359. The fourth-order valence-electron chi connectivity index (χ4n) is 0.906. The summed E-state index contributed by atoms with van der Waals surface area (Å²) in [6.45, 7) is 1.87. The maximum Gasteiger partial charge on any atom is 0.339 e. The number of benzene rings is 1. The Morgan fingerprint density at radius 1 is 1.33 bits per heavy atom. The number of carbonyl (C=O) groups excluding carboxylic acids is 1. The second kappa shape index (κ2) is 6.37. The van der Waals surface area contributed by atoms with Crippen LogP contribution in [0.25, 0.3) is 0 Å². The summed E-state index contributed by atoms with van der Waals surface area (Å²) < 4.78 is 0. The predicted molar refractivity (Wildman–Crippen MR) is 61.9 cm³/mol. The van der Waals surface area contributed by atoms with Gasteiger partial charge in [0.25, 0.3) is 0 Å². The highest BCUT2D eigenvalue weighted by Crippen LogP contribution is 2.03. The topological polar surface area (TPSA) is 53.5 Å². The van der Waals surface area contributed by atoms with E-state index in [0.29, 0.717) is 0 Å². The maximum absolute atomic E-state index is 11.2. The van der Waals surface area contributed by atoms with Crippen molar-refractivity contribution in [2.24, 2.45) is 5.10 Å². The summed E-state index contributed by atoms with van der Waals surface area (Å²) in [5.74, 6) is 0. The quantitative estimate of drug-likeness (QED) is 0.575. The van der Waals surface area contributed by atoms with Crippen LogP contribution >= 0.6 is 0 Å². The molecular formula is C11H13N3O. The highest BCUT2D eigenvalue weighted by atomic mass is 16.2. The predicted octanol–water partition coefficient (Wildman–Crippen LogP) is 2.37. The molecule has 78 valence electrons. The van der Waals surface area contributed by atoms with Crippen molar-refractivity contribution in [2.45, 2.75) is 6.92 Å². The standard InChI is InChI=1S/C11H13N3O/c1-2-3-9-12-14-11(15)13-10-7-5-4-6-8-10/h2-9H,1H3,(H2,13,14,15)/b3-2+,12-9+. The largest absolute Gasteiger partial charge is 0.339 e. The van der Waals surface area contributed by atoms with Crippen molar-refractivity contribution < 1.29 is 4.79 Å². The van der Waals surface area contributed by atoms with E-state index in [0.717, 1.165) is 5.69 Å². The molecule has 15 heavy (non-hydrogen) atoms. The van der Waals surface area contributed by atoms with E-state index in [2.05, 4.69) is 15.8 Å². The lowest BCUT2D eigenvalue weighted by Crippen LogP contribution is -2.23. The molecule has 0 aliphatic carbocycles. The first-order chi connectivity index (χ1) is 7.33. The Morgan fingerprint density at radius 2 is 2.07 bits per heavy atom. The van der Waals surface area contributed by atoms with Gasteiger partial charge in [0.05, 0.1) is 0 Å². The average molecular weight is 203 g/mol. The number of amides is 2. The highest BCUT2D eigenvalue weighted by molar-refractivity contribution is 5.89. The minimum atomic E-state index is -0.359. The van der Waals surface area contributed by atoms with Crippen molar-refractivity contribution in [3.63, 3.8) is 0 Å². The van der Waals surface area contributed by atoms with Crippen LogP contribution in [0.15, 0.2) is 47.6 Å². The van der Waals surface area contributed by atoms with Crippen LogP contribution in [0.5, 0.6) is 0 Å². The molecule has 0 fully saturated rings. The molecule has 0 unspecified atom stereocenters. The van der Waals surface area contributed by atoms with Gasteiger partial charge >= 0.3 is 6.03 Å². The van der Waals surface area contributed by atoms with Crippen molar-refractivity contribution in [1.82, 2.24) is 5.43 Å². The van der Waals surface area contributed by atoms with Gasteiger partial charge < -0.3 is 5.32 Å². The Hall–Kier alpha value is -2.10. The maximum atomic E-state index is 11.2. The number of nitrogens with zero attached hydrogens (tertiary/aromatic N) is 1. The molecule has 0 saturated heterocycles. The van der Waals surface area contributed by atoms with E-state index in [1.165, 1.54) is 6.21 Å². The lowest BCUT2D eigenvalue weighted by Gasteiger charge is -2.02. The molecule has 2 N–H and O–H groups in total. The van der Waals surface area contributed by atoms with E-state index in [9.17, 15) is 4.79 Å². The monoisotopic (exact) mass is 203 g/mol. The SMILES string of the molecule is C/C=C/C=N/NC(=O)Nc1ccccc1. The zero-order valence-corrected chi connectivity index (χ0v) is 8.47. The van der Waals surface area contributed by atoms with Gasteiger partial charge in [-0.25, -0.2) is 10.2 Å². The summed E-state index contributed by atoms with van der Waals surface area (Å²) in [7, 11) is 0. The first kappa shape index (κ1) is 11.0. The van der Waals surface area contributed by atoms with Crippen LogP contribution < -0.4 is 10.7 Å². The van der Waals surface area contributed by atoms with Crippen molar-refractivity contribution in [2.75, 3.05) is 5.32 Å². The molecule has 0 bridgehead atoms. The molecule has 0 saturated carbocycles. The first-order valence-electron chi connectivity index (χ1n) is 4.59. The number of carbonyl (C=O) groups is 1. The van der Waals surface area contributed by atoms with Gasteiger partial charge in [0.15, 0.2) is 0 Å². The number of rotatable bonds is 3. The van der Waals surface area contributed by atoms with E-state index < -0.39 is 0 Å². The van der Waals surface area contributed by atoms with Crippen molar-refractivity contribution in [1.29, 1.82) is 0 Å². The van der Waals surface area contributed by atoms with Gasteiger partial charge in [-0.3, -0.25) is 0 Å². The van der Waals surface area contributed by atoms with Crippen LogP contribution in [0.2, 0.25) is 0 Å².